The third kappa shape index (κ3) is 4.66. The molecular weight excluding hydrogens is 631 g/mol. The van der Waals surface area contributed by atoms with Gasteiger partial charge in [-0.1, -0.05) is 121 Å². The van der Waals surface area contributed by atoms with Gasteiger partial charge >= 0.3 is 0 Å². The molecule has 230 valence electrons. The first-order chi connectivity index (χ1) is 24.3. The second-order valence-corrected chi connectivity index (χ2v) is 14.6. The van der Waals surface area contributed by atoms with Gasteiger partial charge in [0.05, 0.1) is 0 Å². The zero-order valence-corrected chi connectivity index (χ0v) is 28.1. The van der Waals surface area contributed by atoms with Crippen LogP contribution in [0.4, 0.5) is 17.1 Å². The maximum atomic E-state index is 2.34. The summed E-state index contributed by atoms with van der Waals surface area (Å²) in [6.07, 6.45) is 0. The van der Waals surface area contributed by atoms with Crippen LogP contribution in [0.1, 0.15) is 0 Å². The second kappa shape index (κ2) is 11.5. The highest BCUT2D eigenvalue weighted by molar-refractivity contribution is 7.26. The molecule has 0 saturated carbocycles. The number of rotatable bonds is 5. The number of nitrogens with zero attached hydrogens (tertiary/aromatic N) is 1. The molecule has 0 aliphatic rings. The molecule has 0 saturated heterocycles. The largest absolute Gasteiger partial charge is 0.311 e. The molecule has 8 aromatic carbocycles. The lowest BCUT2D eigenvalue weighted by molar-refractivity contribution is 1.28. The van der Waals surface area contributed by atoms with Crippen LogP contribution in [0, 0.1) is 0 Å². The van der Waals surface area contributed by atoms with Crippen molar-refractivity contribution in [1.29, 1.82) is 0 Å². The van der Waals surface area contributed by atoms with Gasteiger partial charge in [0.25, 0.3) is 0 Å². The van der Waals surface area contributed by atoms with Crippen molar-refractivity contribution >= 4 is 90.9 Å². The molecule has 0 aliphatic carbocycles. The van der Waals surface area contributed by atoms with Gasteiger partial charge in [-0.3, -0.25) is 0 Å². The quantitative estimate of drug-likeness (QED) is 0.178. The van der Waals surface area contributed by atoms with E-state index in [4.69, 9.17) is 0 Å². The standard InChI is InChI=1S/C46H29NS2/c1-2-10-32(11-3-1)47(34-26-22-31(23-27-34)36-15-9-17-40-38-12-4-6-18-42(38)49-46(36)40)33-24-20-30(21-25-33)35-14-8-16-39-37(35)28-29-44-45(39)41-13-5-7-19-43(41)48-44/h1-29H. The first-order valence-electron chi connectivity index (χ1n) is 16.6. The van der Waals surface area contributed by atoms with Gasteiger partial charge in [0.2, 0.25) is 0 Å². The first-order valence-corrected chi connectivity index (χ1v) is 18.2. The van der Waals surface area contributed by atoms with Crippen LogP contribution in [0.3, 0.4) is 0 Å². The van der Waals surface area contributed by atoms with Crippen molar-refractivity contribution < 1.29 is 0 Å². The summed E-state index contributed by atoms with van der Waals surface area (Å²) in [4.78, 5) is 2.34. The van der Waals surface area contributed by atoms with Crippen LogP contribution in [0.5, 0.6) is 0 Å². The van der Waals surface area contributed by atoms with E-state index in [1.807, 2.05) is 22.7 Å². The Morgan fingerprint density at radius 2 is 0.857 bits per heavy atom. The first kappa shape index (κ1) is 28.3. The molecule has 0 spiro atoms. The maximum absolute atomic E-state index is 2.34. The molecule has 10 rings (SSSR count). The Hall–Kier alpha value is -5.74. The lowest BCUT2D eigenvalue weighted by Gasteiger charge is -2.26. The topological polar surface area (TPSA) is 3.24 Å². The lowest BCUT2D eigenvalue weighted by Crippen LogP contribution is -2.09. The Morgan fingerprint density at radius 3 is 1.59 bits per heavy atom. The Labute approximate surface area is 292 Å². The SMILES string of the molecule is c1ccc(N(c2ccc(-c3cccc4c3ccc3sc5ccccc5c34)cc2)c2ccc(-c3cccc4c3sc3ccccc34)cc2)cc1. The number of benzene rings is 8. The van der Waals surface area contributed by atoms with E-state index in [-0.39, 0.29) is 0 Å². The molecular formula is C46H29NS2. The summed E-state index contributed by atoms with van der Waals surface area (Å²) in [6, 6.07) is 64.2. The number of para-hydroxylation sites is 1. The zero-order valence-electron chi connectivity index (χ0n) is 26.5. The molecule has 10 aromatic rings. The van der Waals surface area contributed by atoms with Crippen LogP contribution in [-0.2, 0) is 0 Å². The van der Waals surface area contributed by atoms with E-state index in [1.165, 1.54) is 73.4 Å². The molecule has 0 amide bonds. The van der Waals surface area contributed by atoms with Crippen LogP contribution in [0.2, 0.25) is 0 Å². The molecule has 0 N–H and O–H groups in total. The van der Waals surface area contributed by atoms with Gasteiger partial charge in [-0.15, -0.1) is 22.7 Å². The highest BCUT2D eigenvalue weighted by Gasteiger charge is 2.16. The van der Waals surface area contributed by atoms with E-state index in [0.29, 0.717) is 0 Å². The van der Waals surface area contributed by atoms with Gasteiger partial charge in [0.1, 0.15) is 0 Å². The average molecular weight is 660 g/mol. The minimum atomic E-state index is 1.13. The van der Waals surface area contributed by atoms with Gasteiger partial charge in [-0.2, -0.15) is 0 Å². The number of thiophene rings is 2. The Balaban J connectivity index is 1.04. The third-order valence-electron chi connectivity index (χ3n) is 9.69. The van der Waals surface area contributed by atoms with Crippen molar-refractivity contribution in [1.82, 2.24) is 0 Å². The van der Waals surface area contributed by atoms with Gasteiger partial charge in [-0.25, -0.2) is 0 Å². The molecule has 0 atom stereocenters. The summed E-state index contributed by atoms with van der Waals surface area (Å²) in [7, 11) is 0. The van der Waals surface area contributed by atoms with E-state index in [0.717, 1.165) is 17.1 Å². The fraction of sp³-hybridized carbons (Fsp3) is 0. The second-order valence-electron chi connectivity index (χ2n) is 12.5. The highest BCUT2D eigenvalue weighted by atomic mass is 32.1. The molecule has 1 nitrogen and oxygen atoms in total. The minimum Gasteiger partial charge on any atom is -0.311 e. The van der Waals surface area contributed by atoms with Gasteiger partial charge in [0.15, 0.2) is 0 Å². The maximum Gasteiger partial charge on any atom is 0.0462 e. The highest BCUT2D eigenvalue weighted by Crippen LogP contribution is 2.43. The minimum absolute atomic E-state index is 1.13. The zero-order chi connectivity index (χ0) is 32.3. The van der Waals surface area contributed by atoms with Crippen molar-refractivity contribution in [3.8, 4) is 22.3 Å². The van der Waals surface area contributed by atoms with Crippen LogP contribution in [-0.4, -0.2) is 0 Å². The van der Waals surface area contributed by atoms with Crippen LogP contribution in [0.25, 0.3) is 73.4 Å². The number of fused-ring (bicyclic) bond motifs is 8. The third-order valence-corrected chi connectivity index (χ3v) is 12.0. The Morgan fingerprint density at radius 1 is 0.306 bits per heavy atom. The monoisotopic (exact) mass is 659 g/mol. The van der Waals surface area contributed by atoms with E-state index >= 15 is 0 Å². The molecule has 2 aromatic heterocycles. The lowest BCUT2D eigenvalue weighted by atomic mass is 9.95. The van der Waals surface area contributed by atoms with Crippen molar-refractivity contribution in [2.24, 2.45) is 0 Å². The molecule has 3 heteroatoms. The molecule has 0 bridgehead atoms. The smallest absolute Gasteiger partial charge is 0.0462 e. The van der Waals surface area contributed by atoms with Crippen molar-refractivity contribution in [2.45, 2.75) is 0 Å². The van der Waals surface area contributed by atoms with E-state index in [1.54, 1.807) is 0 Å². The summed E-state index contributed by atoms with van der Waals surface area (Å²) in [5.41, 5.74) is 8.37. The molecule has 0 unspecified atom stereocenters. The van der Waals surface area contributed by atoms with Crippen molar-refractivity contribution in [3.05, 3.63) is 176 Å². The van der Waals surface area contributed by atoms with E-state index in [2.05, 4.69) is 181 Å². The molecule has 49 heavy (non-hydrogen) atoms. The predicted octanol–water partition coefficient (Wildman–Crippen LogP) is 14.4. The van der Waals surface area contributed by atoms with Crippen molar-refractivity contribution in [2.75, 3.05) is 4.90 Å². The molecule has 2 heterocycles. The molecule has 0 radical (unpaired) electrons. The summed E-state index contributed by atoms with van der Waals surface area (Å²) < 4.78 is 5.35. The van der Waals surface area contributed by atoms with E-state index in [9.17, 15) is 0 Å². The fourth-order valence-electron chi connectivity index (χ4n) is 7.41. The van der Waals surface area contributed by atoms with Crippen LogP contribution < -0.4 is 4.90 Å². The number of hydrogen-bond acceptors (Lipinski definition) is 3. The van der Waals surface area contributed by atoms with Crippen LogP contribution in [0.15, 0.2) is 176 Å². The Kier molecular flexibility index (Phi) is 6.61. The normalized spacial score (nSPS) is 11.7. The predicted molar refractivity (Wildman–Crippen MR) is 215 cm³/mol. The summed E-state index contributed by atoms with van der Waals surface area (Å²) in [5, 5.41) is 7.96. The van der Waals surface area contributed by atoms with Gasteiger partial charge in [0, 0.05) is 57.4 Å². The average Bonchev–Trinajstić information content (AvgIpc) is 3.75. The molecule has 0 fully saturated rings. The molecule has 0 aliphatic heterocycles. The fourth-order valence-corrected chi connectivity index (χ4v) is 9.77. The summed E-state index contributed by atoms with van der Waals surface area (Å²) in [6.45, 7) is 0. The van der Waals surface area contributed by atoms with Gasteiger partial charge < -0.3 is 4.90 Å². The number of anilines is 3. The Bertz CT molecular complexity index is 2810. The number of hydrogen-bond donors (Lipinski definition) is 0. The van der Waals surface area contributed by atoms with E-state index < -0.39 is 0 Å². The summed E-state index contributed by atoms with van der Waals surface area (Å²) in [5.74, 6) is 0. The summed E-state index contributed by atoms with van der Waals surface area (Å²) >= 11 is 3.75. The van der Waals surface area contributed by atoms with Crippen LogP contribution >= 0.6 is 22.7 Å². The van der Waals surface area contributed by atoms with Gasteiger partial charge in [-0.05, 0) is 87.6 Å². The van der Waals surface area contributed by atoms with Crippen molar-refractivity contribution in [3.63, 3.8) is 0 Å².